The van der Waals surface area contributed by atoms with Crippen molar-refractivity contribution >= 4 is 12.4 Å². The van der Waals surface area contributed by atoms with E-state index in [0.717, 1.165) is 17.9 Å². The molecular weight excluding hydrogens is 339 g/mol. The molecule has 1 aliphatic heterocycles. The molecule has 6 nitrogen and oxygen atoms in total. The Morgan fingerprint density at radius 1 is 1.12 bits per heavy atom. The lowest BCUT2D eigenvalue weighted by Gasteiger charge is -2.16. The molecule has 1 aliphatic rings. The Balaban J connectivity index is -0.000000155. The first-order chi connectivity index (χ1) is 11.8. The lowest BCUT2D eigenvalue weighted by molar-refractivity contribution is -0.153. The molecule has 9 heteroatoms. The van der Waals surface area contributed by atoms with Crippen molar-refractivity contribution in [3.63, 3.8) is 0 Å². The van der Waals surface area contributed by atoms with E-state index in [1.807, 2.05) is 46.9 Å². The normalized spacial score (nSPS) is 11.7. The van der Waals surface area contributed by atoms with Crippen LogP contribution in [0.5, 0.6) is 0 Å². The average molecular weight is 375 g/mol. The summed E-state index contributed by atoms with van der Waals surface area (Å²) < 4.78 is 35.0. The number of amides is 3. The lowest BCUT2D eigenvalue weighted by Crippen LogP contribution is -2.42. The van der Waals surface area contributed by atoms with E-state index in [-0.39, 0.29) is 0 Å². The standard InChI is InChI=1S/C7H11F3N2O.C3H7NO2.3C2H6/c8-7(9,10)5-11-6(13)12-3-1-2-4-12;1-4(3-5)6-2;3*1-2/h1-5H2,(H,11,13);3H,1-2H3;3*1-2H3. The van der Waals surface area contributed by atoms with Crippen molar-refractivity contribution in [2.75, 3.05) is 33.8 Å². The minimum Gasteiger partial charge on any atom is -0.329 e. The zero-order chi connectivity index (χ0) is 20.9. The quantitative estimate of drug-likeness (QED) is 0.597. The third kappa shape index (κ3) is 24.9. The van der Waals surface area contributed by atoms with Gasteiger partial charge in [0.15, 0.2) is 0 Å². The van der Waals surface area contributed by atoms with E-state index in [1.165, 1.54) is 19.1 Å². The van der Waals surface area contributed by atoms with Gasteiger partial charge in [0.1, 0.15) is 6.54 Å². The number of hydrogen-bond acceptors (Lipinski definition) is 3. The summed E-state index contributed by atoms with van der Waals surface area (Å²) in [6.45, 7) is 11.9. The maximum atomic E-state index is 11.7. The topological polar surface area (TPSA) is 61.9 Å². The fraction of sp³-hybridized carbons (Fsp3) is 0.875. The van der Waals surface area contributed by atoms with Gasteiger partial charge in [0, 0.05) is 20.1 Å². The van der Waals surface area contributed by atoms with E-state index in [2.05, 4.69) is 4.84 Å². The van der Waals surface area contributed by atoms with Crippen LogP contribution in [0.4, 0.5) is 18.0 Å². The number of nitrogens with one attached hydrogen (secondary N) is 1. The molecule has 1 fully saturated rings. The zero-order valence-electron chi connectivity index (χ0n) is 16.9. The fourth-order valence-electron chi connectivity index (χ4n) is 1.25. The van der Waals surface area contributed by atoms with Gasteiger partial charge in [0.2, 0.25) is 6.41 Å². The number of hydrogen-bond donors (Lipinski definition) is 1. The van der Waals surface area contributed by atoms with E-state index < -0.39 is 18.8 Å². The van der Waals surface area contributed by atoms with Gasteiger partial charge in [-0.15, -0.1) is 0 Å². The average Bonchev–Trinajstić information content (AvgIpc) is 3.19. The number of rotatable bonds is 3. The Kier molecular flexibility index (Phi) is 28.1. The highest BCUT2D eigenvalue weighted by Gasteiger charge is 2.29. The summed E-state index contributed by atoms with van der Waals surface area (Å²) in [5, 5.41) is 2.90. The number of carbonyl (C=O) groups is 2. The third-order valence-electron chi connectivity index (χ3n) is 2.27. The second kappa shape index (κ2) is 22.5. The molecule has 0 unspecified atom stereocenters. The minimum atomic E-state index is -4.32. The molecule has 1 N–H and O–H groups in total. The van der Waals surface area contributed by atoms with Gasteiger partial charge in [0.25, 0.3) is 0 Å². The number of alkyl halides is 3. The Morgan fingerprint density at radius 3 is 1.76 bits per heavy atom. The van der Waals surface area contributed by atoms with E-state index in [0.29, 0.717) is 19.5 Å². The number of hydroxylamine groups is 2. The molecule has 0 bridgehead atoms. The molecule has 0 aromatic carbocycles. The molecule has 0 aliphatic carbocycles. The van der Waals surface area contributed by atoms with Crippen LogP contribution in [0.2, 0.25) is 0 Å². The first-order valence-corrected chi connectivity index (χ1v) is 8.62. The second-order valence-electron chi connectivity index (χ2n) is 3.80. The zero-order valence-corrected chi connectivity index (χ0v) is 16.9. The molecule has 0 aromatic heterocycles. The predicted octanol–water partition coefficient (Wildman–Crippen LogP) is 4.07. The number of carbonyl (C=O) groups excluding carboxylic acids is 2. The Labute approximate surface area is 150 Å². The SMILES string of the molecule is CC.CC.CC.CON(C)C=O.O=C(NCC(F)(F)F)N1CCCC1. The number of likely N-dealkylation sites (tertiary alicyclic amines) is 1. The van der Waals surface area contributed by atoms with E-state index in [1.54, 1.807) is 0 Å². The van der Waals surface area contributed by atoms with Gasteiger partial charge >= 0.3 is 12.2 Å². The highest BCUT2D eigenvalue weighted by molar-refractivity contribution is 5.74. The van der Waals surface area contributed by atoms with Crippen molar-refractivity contribution in [1.29, 1.82) is 0 Å². The Morgan fingerprint density at radius 2 is 1.52 bits per heavy atom. The van der Waals surface area contributed by atoms with Crippen molar-refractivity contribution in [2.45, 2.75) is 60.6 Å². The highest BCUT2D eigenvalue weighted by Crippen LogP contribution is 2.13. The number of halogens is 3. The lowest BCUT2D eigenvalue weighted by atomic mass is 10.4. The maximum absolute atomic E-state index is 11.7. The molecule has 1 rings (SSSR count). The second-order valence-corrected chi connectivity index (χ2v) is 3.80. The highest BCUT2D eigenvalue weighted by atomic mass is 19.4. The molecule has 154 valence electrons. The summed E-state index contributed by atoms with van der Waals surface area (Å²) in [6, 6.07) is -0.616. The smallest absolute Gasteiger partial charge is 0.329 e. The number of urea groups is 1. The molecule has 25 heavy (non-hydrogen) atoms. The summed E-state index contributed by atoms with van der Waals surface area (Å²) in [7, 11) is 2.95. The van der Waals surface area contributed by atoms with Gasteiger partial charge in [-0.1, -0.05) is 41.5 Å². The van der Waals surface area contributed by atoms with E-state index >= 15 is 0 Å². The van der Waals surface area contributed by atoms with Crippen LogP contribution in [0, 0.1) is 0 Å². The monoisotopic (exact) mass is 375 g/mol. The summed E-state index contributed by atoms with van der Waals surface area (Å²) in [4.78, 5) is 26.3. The van der Waals surface area contributed by atoms with Crippen molar-refractivity contribution < 1.29 is 27.6 Å². The van der Waals surface area contributed by atoms with Crippen LogP contribution >= 0.6 is 0 Å². The molecule has 0 spiro atoms. The van der Waals surface area contributed by atoms with Gasteiger partial charge in [-0.3, -0.25) is 9.63 Å². The van der Waals surface area contributed by atoms with E-state index in [9.17, 15) is 22.8 Å². The summed E-state index contributed by atoms with van der Waals surface area (Å²) in [5.41, 5.74) is 0. The Bertz CT molecular complexity index is 286. The summed E-state index contributed by atoms with van der Waals surface area (Å²) in [5.74, 6) is 0. The predicted molar refractivity (Wildman–Crippen MR) is 95.1 cm³/mol. The van der Waals surface area contributed by atoms with Crippen molar-refractivity contribution in [3.05, 3.63) is 0 Å². The fourth-order valence-corrected chi connectivity index (χ4v) is 1.25. The van der Waals surface area contributed by atoms with Gasteiger partial charge in [-0.25, -0.2) is 9.86 Å². The van der Waals surface area contributed by atoms with Crippen LogP contribution < -0.4 is 5.32 Å². The summed E-state index contributed by atoms with van der Waals surface area (Å²) in [6.07, 6.45) is -1.99. The molecule has 3 amide bonds. The first-order valence-electron chi connectivity index (χ1n) is 8.62. The van der Waals surface area contributed by atoms with E-state index in [4.69, 9.17) is 0 Å². The largest absolute Gasteiger partial charge is 0.405 e. The maximum Gasteiger partial charge on any atom is 0.405 e. The third-order valence-corrected chi connectivity index (χ3v) is 2.27. The molecule has 0 aromatic rings. The molecular formula is C16H36F3N3O3. The van der Waals surface area contributed by atoms with Crippen LogP contribution in [-0.2, 0) is 9.63 Å². The van der Waals surface area contributed by atoms with Crippen LogP contribution in [0.3, 0.4) is 0 Å². The van der Waals surface area contributed by atoms with Crippen LogP contribution in [0.15, 0.2) is 0 Å². The van der Waals surface area contributed by atoms with Crippen LogP contribution in [0.25, 0.3) is 0 Å². The van der Waals surface area contributed by atoms with Gasteiger partial charge < -0.3 is 10.2 Å². The summed E-state index contributed by atoms with van der Waals surface area (Å²) >= 11 is 0. The van der Waals surface area contributed by atoms with Crippen molar-refractivity contribution in [3.8, 4) is 0 Å². The molecule has 1 saturated heterocycles. The number of nitrogens with zero attached hydrogens (tertiary/aromatic N) is 2. The van der Waals surface area contributed by atoms with Gasteiger partial charge in [-0.05, 0) is 12.8 Å². The van der Waals surface area contributed by atoms with Crippen LogP contribution in [-0.4, -0.2) is 62.4 Å². The molecule has 1 heterocycles. The van der Waals surface area contributed by atoms with Crippen LogP contribution in [0.1, 0.15) is 54.4 Å². The van der Waals surface area contributed by atoms with Gasteiger partial charge in [0.05, 0.1) is 7.11 Å². The van der Waals surface area contributed by atoms with Crippen molar-refractivity contribution in [1.82, 2.24) is 15.3 Å². The minimum absolute atomic E-state index is 0.559. The van der Waals surface area contributed by atoms with Gasteiger partial charge in [-0.2, -0.15) is 13.2 Å². The molecule has 0 radical (unpaired) electrons. The Hall–Kier alpha value is -1.51. The molecule has 0 atom stereocenters. The molecule has 0 saturated carbocycles. The first kappa shape index (κ1) is 31.3. The van der Waals surface area contributed by atoms with Crippen molar-refractivity contribution in [2.24, 2.45) is 0 Å².